The second-order valence-corrected chi connectivity index (χ2v) is 6.55. The lowest BCUT2D eigenvalue weighted by molar-refractivity contribution is -0.142. The van der Waals surface area contributed by atoms with Gasteiger partial charge in [-0.2, -0.15) is 4.98 Å². The summed E-state index contributed by atoms with van der Waals surface area (Å²) in [5, 5.41) is 22.5. The van der Waals surface area contributed by atoms with E-state index in [-0.39, 0.29) is 12.4 Å². The number of anilines is 1. The van der Waals surface area contributed by atoms with Crippen LogP contribution in [0, 0.1) is 0 Å². The Hall–Kier alpha value is -1.95. The van der Waals surface area contributed by atoms with Crippen LogP contribution in [0.3, 0.4) is 0 Å². The Kier molecular flexibility index (Phi) is 6.75. The Morgan fingerprint density at radius 2 is 2.23 bits per heavy atom. The highest BCUT2D eigenvalue weighted by Gasteiger charge is 2.45. The number of nitrogens with zero attached hydrogens (tertiary/aromatic N) is 2. The maximum absolute atomic E-state index is 11.8. The first-order chi connectivity index (χ1) is 12.2. The van der Waals surface area contributed by atoms with Crippen molar-refractivity contribution >= 4 is 20.0 Å². The van der Waals surface area contributed by atoms with E-state index >= 15 is 0 Å². The third kappa shape index (κ3) is 4.61. The number of methoxy groups -OCH3 is 1. The maximum Gasteiger partial charge on any atom is 0.613 e. The first-order valence-electron chi connectivity index (χ1n) is 7.55. The first kappa shape index (κ1) is 20.4. The van der Waals surface area contributed by atoms with Crippen molar-refractivity contribution in [1.82, 2.24) is 14.6 Å². The summed E-state index contributed by atoms with van der Waals surface area (Å²) in [5.74, 6) is -0.623. The van der Waals surface area contributed by atoms with Crippen molar-refractivity contribution in [2.24, 2.45) is 0 Å². The Morgan fingerprint density at radius 3 is 2.85 bits per heavy atom. The molecule has 0 bridgehead atoms. The van der Waals surface area contributed by atoms with E-state index in [1.165, 1.54) is 26.3 Å². The molecule has 1 fully saturated rings. The molecule has 13 heteroatoms. The van der Waals surface area contributed by atoms with Gasteiger partial charge in [0.1, 0.15) is 36.8 Å². The number of hydrogen-bond acceptors (Lipinski definition) is 10. The van der Waals surface area contributed by atoms with Crippen molar-refractivity contribution in [3.05, 3.63) is 22.7 Å². The topological polar surface area (TPSA) is 175 Å². The van der Waals surface area contributed by atoms with E-state index in [2.05, 4.69) is 14.8 Å². The number of carbonyl (C=O) groups is 1. The fraction of sp³-hybridized carbons (Fsp3) is 0.615. The van der Waals surface area contributed by atoms with Gasteiger partial charge in [0.25, 0.3) is 0 Å². The van der Waals surface area contributed by atoms with E-state index in [9.17, 15) is 24.4 Å². The van der Waals surface area contributed by atoms with Crippen LogP contribution in [0.25, 0.3) is 0 Å². The largest absolute Gasteiger partial charge is 0.613 e. The lowest BCUT2D eigenvalue weighted by Crippen LogP contribution is -2.36. The number of nitrogens with two attached hydrogens (primary N) is 1. The summed E-state index contributed by atoms with van der Waals surface area (Å²) in [7, 11) is -1.27. The molecule has 0 saturated carbocycles. The van der Waals surface area contributed by atoms with Crippen molar-refractivity contribution in [3.8, 4) is 0 Å². The number of aliphatic hydroxyl groups is 2. The smallest absolute Gasteiger partial charge is 0.468 e. The SMILES string of the molecule is COC(=O)[C@H](C)N[P+](=O)OC[C@H]1O[C@@H](n2ccc(N)nc2=O)[C@H](O)[C@@H]1O. The summed E-state index contributed by atoms with van der Waals surface area (Å²) >= 11 is 0. The van der Waals surface area contributed by atoms with E-state index in [0.717, 1.165) is 4.57 Å². The molecule has 0 aliphatic carbocycles. The summed E-state index contributed by atoms with van der Waals surface area (Å²) < 4.78 is 27.7. The van der Waals surface area contributed by atoms with E-state index in [4.69, 9.17) is 15.0 Å². The third-order valence-corrected chi connectivity index (χ3v) is 4.65. The zero-order chi connectivity index (χ0) is 19.4. The molecule has 1 saturated heterocycles. The second-order valence-electron chi connectivity index (χ2n) is 5.52. The van der Waals surface area contributed by atoms with Gasteiger partial charge in [0, 0.05) is 6.20 Å². The molecule has 26 heavy (non-hydrogen) atoms. The highest BCUT2D eigenvalue weighted by molar-refractivity contribution is 7.36. The zero-order valence-electron chi connectivity index (χ0n) is 14.0. The Bertz CT molecular complexity index is 728. The molecular formula is C13H20N4O8P+. The molecule has 144 valence electrons. The van der Waals surface area contributed by atoms with Crippen LogP contribution < -0.4 is 16.5 Å². The number of ether oxygens (including phenoxy) is 2. The van der Waals surface area contributed by atoms with Crippen LogP contribution in [0.5, 0.6) is 0 Å². The molecule has 0 aromatic carbocycles. The average molecular weight is 391 g/mol. The first-order valence-corrected chi connectivity index (χ1v) is 8.72. The summed E-state index contributed by atoms with van der Waals surface area (Å²) in [6.45, 7) is 1.08. The minimum absolute atomic E-state index is 0.00182. The molecule has 2 rings (SSSR count). The molecule has 1 unspecified atom stereocenters. The van der Waals surface area contributed by atoms with Gasteiger partial charge in [0.2, 0.25) is 0 Å². The number of esters is 1. The number of nitrogens with one attached hydrogen (secondary N) is 1. The van der Waals surface area contributed by atoms with E-state index in [0.29, 0.717) is 0 Å². The standard InChI is InChI=1S/C13H19N4O8P/c1-6(12(20)23-2)16-26(22)24-5-7-9(18)10(19)11(25-7)17-4-3-8(14)15-13(17)21/h3-4,6-7,9-11,18-19H,5H2,1-2H3,(H2-,14,15,16,21,22)/p+1/t6-,7+,9+,10+,11+/m0/s1. The fourth-order valence-electron chi connectivity index (χ4n) is 2.28. The van der Waals surface area contributed by atoms with Crippen molar-refractivity contribution in [3.63, 3.8) is 0 Å². The summed E-state index contributed by atoms with van der Waals surface area (Å²) in [5.41, 5.74) is 4.64. The number of nitrogen functional groups attached to an aromatic ring is 1. The number of carbonyl (C=O) groups excluding carboxylic acids is 1. The van der Waals surface area contributed by atoms with Crippen LogP contribution in [0.15, 0.2) is 17.1 Å². The molecule has 6 atom stereocenters. The Balaban J connectivity index is 1.96. The molecule has 2 heterocycles. The average Bonchev–Trinajstić information content (AvgIpc) is 2.87. The van der Waals surface area contributed by atoms with Gasteiger partial charge in [-0.05, 0) is 17.6 Å². The quantitative estimate of drug-likeness (QED) is 0.307. The van der Waals surface area contributed by atoms with Gasteiger partial charge in [-0.25, -0.2) is 4.79 Å². The number of aliphatic hydroxyl groups excluding tert-OH is 2. The Labute approximate surface area is 148 Å². The van der Waals surface area contributed by atoms with Crippen LogP contribution in [0.1, 0.15) is 13.2 Å². The molecule has 1 aromatic rings. The number of rotatable bonds is 7. The molecule has 0 amide bonds. The molecule has 1 aromatic heterocycles. The normalized spacial score (nSPS) is 27.2. The summed E-state index contributed by atoms with van der Waals surface area (Å²) in [6, 6.07) is 0.471. The second kappa shape index (κ2) is 8.62. The van der Waals surface area contributed by atoms with Crippen LogP contribution in [-0.2, 0) is 23.4 Å². The van der Waals surface area contributed by atoms with Crippen LogP contribution in [-0.4, -0.2) is 63.8 Å². The number of aromatic nitrogens is 2. The van der Waals surface area contributed by atoms with E-state index in [1.807, 2.05) is 0 Å². The monoisotopic (exact) mass is 391 g/mol. The van der Waals surface area contributed by atoms with Gasteiger partial charge in [-0.1, -0.05) is 5.09 Å². The zero-order valence-corrected chi connectivity index (χ0v) is 14.9. The van der Waals surface area contributed by atoms with Gasteiger partial charge in [0.15, 0.2) is 6.23 Å². The van der Waals surface area contributed by atoms with Crippen LogP contribution >= 0.6 is 8.18 Å². The molecule has 1 aliphatic rings. The molecule has 5 N–H and O–H groups in total. The van der Waals surface area contributed by atoms with Crippen molar-refractivity contribution in [1.29, 1.82) is 0 Å². The van der Waals surface area contributed by atoms with E-state index < -0.39 is 50.4 Å². The van der Waals surface area contributed by atoms with Gasteiger partial charge in [0.05, 0.1) is 7.11 Å². The lowest BCUT2D eigenvalue weighted by atomic mass is 10.1. The predicted molar refractivity (Wildman–Crippen MR) is 87.0 cm³/mol. The fourth-order valence-corrected chi connectivity index (χ4v) is 3.06. The predicted octanol–water partition coefficient (Wildman–Crippen LogP) is -1.73. The van der Waals surface area contributed by atoms with E-state index in [1.54, 1.807) is 0 Å². The highest BCUT2D eigenvalue weighted by Crippen LogP contribution is 2.30. The van der Waals surface area contributed by atoms with Crippen LogP contribution in [0.4, 0.5) is 5.82 Å². The van der Waals surface area contributed by atoms with Gasteiger partial charge < -0.3 is 25.4 Å². The Morgan fingerprint density at radius 1 is 1.54 bits per heavy atom. The minimum Gasteiger partial charge on any atom is -0.468 e. The number of hydrogen-bond donors (Lipinski definition) is 4. The van der Waals surface area contributed by atoms with Gasteiger partial charge in [-0.15, -0.1) is 4.52 Å². The molecule has 0 radical (unpaired) electrons. The van der Waals surface area contributed by atoms with Crippen molar-refractivity contribution in [2.75, 3.05) is 19.5 Å². The summed E-state index contributed by atoms with van der Waals surface area (Å²) in [6.07, 6.45) is -3.83. The van der Waals surface area contributed by atoms with Crippen molar-refractivity contribution in [2.45, 2.75) is 37.5 Å². The molecule has 0 spiro atoms. The molecule has 1 aliphatic heterocycles. The van der Waals surface area contributed by atoms with Gasteiger partial charge >= 0.3 is 19.8 Å². The van der Waals surface area contributed by atoms with Gasteiger partial charge in [-0.3, -0.25) is 9.36 Å². The third-order valence-electron chi connectivity index (χ3n) is 3.67. The van der Waals surface area contributed by atoms with Crippen LogP contribution in [0.2, 0.25) is 0 Å². The molecular weight excluding hydrogens is 371 g/mol. The minimum atomic E-state index is -2.46. The highest BCUT2D eigenvalue weighted by atomic mass is 31.1. The maximum atomic E-state index is 11.8. The lowest BCUT2D eigenvalue weighted by Gasteiger charge is -2.16. The summed E-state index contributed by atoms with van der Waals surface area (Å²) in [4.78, 5) is 26.6. The van der Waals surface area contributed by atoms with Crippen molar-refractivity contribution < 1.29 is 33.6 Å². The molecule has 12 nitrogen and oxygen atoms in total.